The van der Waals surface area contributed by atoms with Gasteiger partial charge < -0.3 is 5.11 Å². The maximum atomic E-state index is 10.1. The minimum atomic E-state index is -0.0190. The summed E-state index contributed by atoms with van der Waals surface area (Å²) in [4.78, 5) is 0. The predicted molar refractivity (Wildman–Crippen MR) is 39.3 cm³/mol. The molecule has 3 heteroatoms. The van der Waals surface area contributed by atoms with E-state index in [1.807, 2.05) is 36.8 Å². The molecule has 54 valence electrons. The van der Waals surface area contributed by atoms with Gasteiger partial charge in [-0.15, -0.1) is 18.7 Å². The molecule has 0 radical (unpaired) electrons. The normalized spacial score (nSPS) is 7.75. The Morgan fingerprint density at radius 2 is 1.67 bits per heavy atom. The average Bonchev–Trinajstić information content (AvgIpc) is 2.03. The van der Waals surface area contributed by atoms with Crippen LogP contribution >= 0.6 is 0 Å². The van der Waals surface area contributed by atoms with Crippen molar-refractivity contribution in [1.29, 1.82) is 0 Å². The van der Waals surface area contributed by atoms with E-state index < -0.39 is 0 Å². The van der Waals surface area contributed by atoms with Crippen molar-refractivity contribution in [3.05, 3.63) is 42.3 Å². The van der Waals surface area contributed by atoms with E-state index in [1.54, 1.807) is 0 Å². The summed E-state index contributed by atoms with van der Waals surface area (Å²) in [5.74, 6) is 0. The van der Waals surface area contributed by atoms with Crippen LogP contribution < -0.4 is 42.8 Å². The van der Waals surface area contributed by atoms with Crippen molar-refractivity contribution in [3.8, 4) is 0 Å². The number of hydrogen-bond donors (Lipinski definition) is 0. The molecular weight excluding hydrogens is 138 g/mol. The second-order valence-corrected chi connectivity index (χ2v) is 2.11. The molecule has 0 N–H and O–H groups in total. The Bertz CT molecular complexity index is 177. The minimum Gasteiger partial charge on any atom is -0.855 e. The van der Waals surface area contributed by atoms with Gasteiger partial charge in [0, 0.05) is 0 Å². The van der Waals surface area contributed by atoms with Gasteiger partial charge in [0.25, 0.3) is 0 Å². The zero-order valence-corrected chi connectivity index (χ0v) is 7.79. The molecular formula is C9H10Li2O. The van der Waals surface area contributed by atoms with Gasteiger partial charge in [0.15, 0.2) is 0 Å². The van der Waals surface area contributed by atoms with E-state index in [2.05, 4.69) is 0 Å². The largest absolute Gasteiger partial charge is 1.00 e. The van der Waals surface area contributed by atoms with Gasteiger partial charge in [-0.05, 0) is 0 Å². The van der Waals surface area contributed by atoms with Gasteiger partial charge in [0.2, 0.25) is 0 Å². The molecule has 0 aliphatic heterocycles. The fourth-order valence-corrected chi connectivity index (χ4v) is 0.815. The molecule has 0 saturated carbocycles. The average molecular weight is 148 g/mol. The van der Waals surface area contributed by atoms with Crippen LogP contribution in [0, 0.1) is 6.42 Å². The van der Waals surface area contributed by atoms with Crippen LogP contribution in [0.3, 0.4) is 0 Å². The maximum absolute atomic E-state index is 10.1. The monoisotopic (exact) mass is 148 g/mol. The third-order valence-corrected chi connectivity index (χ3v) is 1.30. The summed E-state index contributed by atoms with van der Waals surface area (Å²) in [7, 11) is 0. The molecule has 0 aliphatic rings. The molecule has 0 aromatic heterocycles. The van der Waals surface area contributed by atoms with E-state index in [1.165, 1.54) is 0 Å². The molecule has 1 aromatic rings. The standard InChI is InChI=1S/C9H10O.2Li/c10-8-4-7-9-5-2-1-3-6-9;;/h1-3,5-7H,4,8H2;;/q-2;2*+1. The van der Waals surface area contributed by atoms with Gasteiger partial charge in [-0.1, -0.05) is 12.5 Å². The third-order valence-electron chi connectivity index (χ3n) is 1.30. The van der Waals surface area contributed by atoms with E-state index in [0.29, 0.717) is 6.42 Å². The maximum Gasteiger partial charge on any atom is 1.00 e. The molecule has 12 heavy (non-hydrogen) atoms. The molecule has 0 spiro atoms. The Labute approximate surface area is 97.9 Å². The molecule has 0 fully saturated rings. The van der Waals surface area contributed by atoms with Crippen molar-refractivity contribution in [1.82, 2.24) is 0 Å². The quantitative estimate of drug-likeness (QED) is 0.311. The Hall–Kier alpha value is 0.245. The Balaban J connectivity index is 0. The van der Waals surface area contributed by atoms with E-state index >= 15 is 0 Å². The first-order valence-corrected chi connectivity index (χ1v) is 3.40. The fourth-order valence-electron chi connectivity index (χ4n) is 0.815. The van der Waals surface area contributed by atoms with E-state index in [4.69, 9.17) is 0 Å². The van der Waals surface area contributed by atoms with E-state index in [-0.39, 0.29) is 44.3 Å². The first kappa shape index (κ1) is 14.8. The summed E-state index contributed by atoms with van der Waals surface area (Å²) in [6.07, 6.45) is 2.58. The molecule has 0 heterocycles. The molecule has 1 aromatic carbocycles. The van der Waals surface area contributed by atoms with Gasteiger partial charge in [-0.3, -0.25) is 0 Å². The molecule has 0 bridgehead atoms. The summed E-state index contributed by atoms with van der Waals surface area (Å²) in [6.45, 7) is -0.0190. The predicted octanol–water partition coefficient (Wildman–Crippen LogP) is -5.00. The molecule has 0 amide bonds. The summed E-state index contributed by atoms with van der Waals surface area (Å²) in [6, 6.07) is 9.90. The third kappa shape index (κ3) is 5.84. The van der Waals surface area contributed by atoms with Crippen molar-refractivity contribution >= 4 is 0 Å². The van der Waals surface area contributed by atoms with E-state index in [0.717, 1.165) is 5.56 Å². The molecule has 0 unspecified atom stereocenters. The molecule has 1 nitrogen and oxygen atoms in total. The molecule has 0 aliphatic carbocycles. The molecule has 1 rings (SSSR count). The van der Waals surface area contributed by atoms with Crippen LogP contribution in [0.15, 0.2) is 30.3 Å². The van der Waals surface area contributed by atoms with Crippen LogP contribution in [0.5, 0.6) is 0 Å². The van der Waals surface area contributed by atoms with Crippen molar-refractivity contribution in [2.75, 3.05) is 6.61 Å². The zero-order chi connectivity index (χ0) is 7.23. The number of hydrogen-bond acceptors (Lipinski definition) is 1. The van der Waals surface area contributed by atoms with Crippen molar-refractivity contribution in [3.63, 3.8) is 0 Å². The van der Waals surface area contributed by atoms with Crippen LogP contribution in [0.25, 0.3) is 0 Å². The van der Waals surface area contributed by atoms with Crippen LogP contribution in [0.4, 0.5) is 0 Å². The van der Waals surface area contributed by atoms with Crippen molar-refractivity contribution in [2.45, 2.75) is 6.42 Å². The fraction of sp³-hybridized carbons (Fsp3) is 0.222. The van der Waals surface area contributed by atoms with Gasteiger partial charge >= 0.3 is 37.7 Å². The van der Waals surface area contributed by atoms with Crippen LogP contribution in [0.2, 0.25) is 0 Å². The number of benzene rings is 1. The second kappa shape index (κ2) is 9.33. The zero-order valence-electron chi connectivity index (χ0n) is 7.79. The van der Waals surface area contributed by atoms with Crippen LogP contribution in [-0.2, 0) is 0 Å². The Morgan fingerprint density at radius 1 is 1.08 bits per heavy atom. The summed E-state index contributed by atoms with van der Waals surface area (Å²) in [5.41, 5.74) is 1.14. The molecule has 0 saturated heterocycles. The summed E-state index contributed by atoms with van der Waals surface area (Å²) >= 11 is 0. The van der Waals surface area contributed by atoms with Crippen LogP contribution in [0.1, 0.15) is 12.0 Å². The minimum absolute atomic E-state index is 0. The summed E-state index contributed by atoms with van der Waals surface area (Å²) in [5, 5.41) is 10.1. The first-order chi connectivity index (χ1) is 4.93. The Kier molecular flexibility index (Phi) is 11.5. The SMILES string of the molecule is [Li+].[Li+].[O-]CC[CH-]c1ccccc1. The van der Waals surface area contributed by atoms with Crippen LogP contribution in [-0.4, -0.2) is 6.61 Å². The van der Waals surface area contributed by atoms with Crippen molar-refractivity contribution in [2.24, 2.45) is 0 Å². The Morgan fingerprint density at radius 3 is 2.17 bits per heavy atom. The van der Waals surface area contributed by atoms with E-state index in [9.17, 15) is 5.11 Å². The summed E-state index contributed by atoms with van der Waals surface area (Å²) < 4.78 is 0. The van der Waals surface area contributed by atoms with Crippen molar-refractivity contribution < 1.29 is 42.8 Å². The second-order valence-electron chi connectivity index (χ2n) is 2.11. The van der Waals surface area contributed by atoms with Gasteiger partial charge in [0.05, 0.1) is 0 Å². The topological polar surface area (TPSA) is 23.1 Å². The smallest absolute Gasteiger partial charge is 0.855 e. The van der Waals surface area contributed by atoms with Gasteiger partial charge in [0.1, 0.15) is 0 Å². The number of rotatable bonds is 3. The first-order valence-electron chi connectivity index (χ1n) is 3.40. The van der Waals surface area contributed by atoms with Gasteiger partial charge in [-0.25, -0.2) is 0 Å². The van der Waals surface area contributed by atoms with Gasteiger partial charge in [-0.2, -0.15) is 24.1 Å². The molecule has 0 atom stereocenters.